The number of hydrogen-bond acceptors (Lipinski definition) is 0. The van der Waals surface area contributed by atoms with Gasteiger partial charge in [0.1, 0.15) is 0 Å². The molecule has 0 N–H and O–H groups in total. The van der Waals surface area contributed by atoms with E-state index in [1.807, 2.05) is 0 Å². The van der Waals surface area contributed by atoms with Crippen LogP contribution in [-0.4, -0.2) is 6.17 Å². The van der Waals surface area contributed by atoms with E-state index >= 15 is 0 Å². The van der Waals surface area contributed by atoms with Gasteiger partial charge in [-0.15, -0.1) is 0 Å². The third-order valence-electron chi connectivity index (χ3n) is 4.05. The third kappa shape index (κ3) is 16.0. The molecular formula is C18H34F3. The third-order valence-corrected chi connectivity index (χ3v) is 4.05. The number of rotatable bonds is 16. The lowest BCUT2D eigenvalue weighted by Gasteiger charge is -2.05. The minimum absolute atomic E-state index is 0.0135. The van der Waals surface area contributed by atoms with Crippen molar-refractivity contribution in [1.29, 1.82) is 0 Å². The molecule has 0 aliphatic rings. The van der Waals surface area contributed by atoms with E-state index in [1.165, 1.54) is 64.2 Å². The number of halogens is 3. The lowest BCUT2D eigenvalue weighted by molar-refractivity contribution is 0.148. The molecule has 1 unspecified atom stereocenters. The molecular weight excluding hydrogens is 273 g/mol. The summed E-state index contributed by atoms with van der Waals surface area (Å²) in [4.78, 5) is 0. The Bertz CT molecular complexity index is 195. The first kappa shape index (κ1) is 20.8. The predicted molar refractivity (Wildman–Crippen MR) is 85.3 cm³/mol. The Hall–Kier alpha value is -0.210. The maximum absolute atomic E-state index is 12.6. The number of hydrogen-bond donors (Lipinski definition) is 0. The van der Waals surface area contributed by atoms with Gasteiger partial charge in [0, 0.05) is 0 Å². The largest absolute Gasteiger partial charge is 0.343 e. The van der Waals surface area contributed by atoms with Gasteiger partial charge in [0.25, 0.3) is 0 Å². The Morgan fingerprint density at radius 1 is 0.619 bits per heavy atom. The summed E-state index contributed by atoms with van der Waals surface area (Å²) in [7, 11) is 0. The van der Waals surface area contributed by atoms with Gasteiger partial charge in [-0.05, 0) is 6.42 Å². The Morgan fingerprint density at radius 2 is 0.952 bits per heavy atom. The van der Waals surface area contributed by atoms with Gasteiger partial charge in [0.15, 0.2) is 6.17 Å². The lowest BCUT2D eigenvalue weighted by atomic mass is 10.0. The summed E-state index contributed by atoms with van der Waals surface area (Å²) in [5, 5.41) is 0. The van der Waals surface area contributed by atoms with Crippen molar-refractivity contribution in [1.82, 2.24) is 0 Å². The fraction of sp³-hybridized carbons (Fsp3) is 0.944. The summed E-state index contributed by atoms with van der Waals surface area (Å²) >= 11 is 0. The normalized spacial score (nSPS) is 13.0. The molecule has 0 amide bonds. The fourth-order valence-corrected chi connectivity index (χ4v) is 2.63. The Kier molecular flexibility index (Phi) is 16.0. The Morgan fingerprint density at radius 3 is 1.29 bits per heavy atom. The lowest BCUT2D eigenvalue weighted by Crippen LogP contribution is -2.03. The highest BCUT2D eigenvalue weighted by molar-refractivity contribution is 4.72. The highest BCUT2D eigenvalue weighted by atomic mass is 19.3. The van der Waals surface area contributed by atoms with E-state index < -0.39 is 12.6 Å². The monoisotopic (exact) mass is 307 g/mol. The van der Waals surface area contributed by atoms with Crippen LogP contribution in [0.1, 0.15) is 103 Å². The predicted octanol–water partition coefficient (Wildman–Crippen LogP) is 7.62. The molecule has 0 spiro atoms. The topological polar surface area (TPSA) is 0 Å². The van der Waals surface area contributed by atoms with Crippen LogP contribution < -0.4 is 0 Å². The van der Waals surface area contributed by atoms with Gasteiger partial charge in [-0.2, -0.15) is 8.78 Å². The van der Waals surface area contributed by atoms with E-state index in [4.69, 9.17) is 0 Å². The van der Waals surface area contributed by atoms with Gasteiger partial charge in [-0.3, -0.25) is 0 Å². The van der Waals surface area contributed by atoms with Crippen molar-refractivity contribution in [2.24, 2.45) is 0 Å². The zero-order chi connectivity index (χ0) is 15.8. The van der Waals surface area contributed by atoms with E-state index in [0.717, 1.165) is 19.3 Å². The zero-order valence-electron chi connectivity index (χ0n) is 13.8. The van der Waals surface area contributed by atoms with Crippen LogP contribution in [0.5, 0.6) is 0 Å². The van der Waals surface area contributed by atoms with Crippen molar-refractivity contribution in [3.05, 3.63) is 6.43 Å². The molecule has 0 aromatic rings. The van der Waals surface area contributed by atoms with Gasteiger partial charge in [-0.1, -0.05) is 96.8 Å². The Labute approximate surface area is 129 Å². The van der Waals surface area contributed by atoms with Gasteiger partial charge < -0.3 is 0 Å². The minimum Gasteiger partial charge on any atom is -0.241 e. The number of unbranched alkanes of at least 4 members (excludes halogenated alkanes) is 13. The molecule has 1 radical (unpaired) electrons. The van der Waals surface area contributed by atoms with Crippen molar-refractivity contribution >= 4 is 0 Å². The molecule has 0 nitrogen and oxygen atoms in total. The molecule has 0 heterocycles. The van der Waals surface area contributed by atoms with Crippen molar-refractivity contribution in [3.8, 4) is 0 Å². The molecule has 0 saturated heterocycles. The van der Waals surface area contributed by atoms with Crippen LogP contribution in [0.15, 0.2) is 0 Å². The summed E-state index contributed by atoms with van der Waals surface area (Å²) in [6, 6.07) is 0. The second-order valence-corrected chi connectivity index (χ2v) is 6.14. The quantitative estimate of drug-likeness (QED) is 0.257. The summed E-state index contributed by atoms with van der Waals surface area (Å²) in [5.74, 6) is 0. The molecule has 0 saturated carbocycles. The molecule has 0 aliphatic carbocycles. The summed E-state index contributed by atoms with van der Waals surface area (Å²) < 4.78 is 36.3. The molecule has 127 valence electrons. The van der Waals surface area contributed by atoms with Crippen molar-refractivity contribution in [3.63, 3.8) is 0 Å². The smallest absolute Gasteiger partial charge is 0.241 e. The van der Waals surface area contributed by atoms with E-state index in [9.17, 15) is 13.2 Å². The zero-order valence-corrected chi connectivity index (χ0v) is 13.8. The highest BCUT2D eigenvalue weighted by Crippen LogP contribution is 2.20. The van der Waals surface area contributed by atoms with E-state index in [0.29, 0.717) is 6.42 Å². The molecule has 0 aromatic carbocycles. The van der Waals surface area contributed by atoms with Crippen molar-refractivity contribution < 1.29 is 13.2 Å². The fourth-order valence-electron chi connectivity index (χ4n) is 2.63. The average Bonchev–Trinajstić information content (AvgIpc) is 2.47. The first-order chi connectivity index (χ1) is 10.2. The first-order valence-electron chi connectivity index (χ1n) is 9.00. The van der Waals surface area contributed by atoms with Gasteiger partial charge in [-0.25, -0.2) is 4.39 Å². The van der Waals surface area contributed by atoms with Crippen molar-refractivity contribution in [2.75, 3.05) is 0 Å². The maximum atomic E-state index is 12.6. The molecule has 0 fully saturated rings. The van der Waals surface area contributed by atoms with Crippen LogP contribution in [-0.2, 0) is 0 Å². The van der Waals surface area contributed by atoms with Gasteiger partial charge >= 0.3 is 6.43 Å². The Balaban J connectivity index is 3.03. The second-order valence-electron chi connectivity index (χ2n) is 6.14. The maximum Gasteiger partial charge on any atom is 0.343 e. The van der Waals surface area contributed by atoms with Crippen LogP contribution >= 0.6 is 0 Å². The van der Waals surface area contributed by atoms with Crippen LogP contribution in [0.2, 0.25) is 0 Å². The van der Waals surface area contributed by atoms with E-state index in [-0.39, 0.29) is 6.42 Å². The standard InChI is InChI=1S/C18H34F3/c1-2-3-4-5-6-7-8-9-10-11-12-13-14-15-16-17(19)18(20)21/h17H,2-16H2,1H3. The van der Waals surface area contributed by atoms with Crippen LogP contribution in [0.25, 0.3) is 0 Å². The van der Waals surface area contributed by atoms with Crippen LogP contribution in [0, 0.1) is 6.43 Å². The molecule has 0 aliphatic heterocycles. The molecule has 1 atom stereocenters. The van der Waals surface area contributed by atoms with E-state index in [1.54, 1.807) is 0 Å². The number of alkyl halides is 1. The summed E-state index contributed by atoms with van der Waals surface area (Å²) in [6.45, 7) is 2.24. The molecule has 21 heavy (non-hydrogen) atoms. The van der Waals surface area contributed by atoms with E-state index in [2.05, 4.69) is 6.92 Å². The van der Waals surface area contributed by atoms with Crippen LogP contribution in [0.4, 0.5) is 13.2 Å². The molecule has 3 heteroatoms. The second kappa shape index (κ2) is 16.2. The van der Waals surface area contributed by atoms with Gasteiger partial charge in [0.05, 0.1) is 0 Å². The molecule has 0 aromatic heterocycles. The van der Waals surface area contributed by atoms with Crippen molar-refractivity contribution in [2.45, 2.75) is 109 Å². The SMILES string of the molecule is CCCCCCCCCCCCCCCCC(F)[C](F)F. The van der Waals surface area contributed by atoms with Gasteiger partial charge in [0.2, 0.25) is 0 Å². The molecule has 0 rings (SSSR count). The summed E-state index contributed by atoms with van der Waals surface area (Å²) in [5.41, 5.74) is 0. The van der Waals surface area contributed by atoms with Crippen LogP contribution in [0.3, 0.4) is 0 Å². The minimum atomic E-state index is -2.07. The summed E-state index contributed by atoms with van der Waals surface area (Å²) in [6.07, 6.45) is 13.0. The molecule has 0 bridgehead atoms. The highest BCUT2D eigenvalue weighted by Gasteiger charge is 2.20. The average molecular weight is 307 g/mol. The first-order valence-corrected chi connectivity index (χ1v) is 9.00.